The van der Waals surface area contributed by atoms with Crippen molar-refractivity contribution >= 4 is 21.9 Å². The van der Waals surface area contributed by atoms with Gasteiger partial charge in [-0.1, -0.05) is 206 Å². The van der Waals surface area contributed by atoms with E-state index in [-0.39, 0.29) is 0 Å². The average Bonchev–Trinajstić information content (AvgIpc) is 3.76. The molecule has 0 N–H and O–H groups in total. The molecular weight excluding hydrogens is 811 g/mol. The van der Waals surface area contributed by atoms with Gasteiger partial charge in [-0.2, -0.15) is 0 Å². The van der Waals surface area contributed by atoms with Crippen molar-refractivity contribution in [1.82, 2.24) is 14.5 Å². The normalized spacial score (nSPS) is 11.3. The van der Waals surface area contributed by atoms with Crippen LogP contribution in [0.1, 0.15) is 0 Å². The predicted molar refractivity (Wildman–Crippen MR) is 280 cm³/mol. The van der Waals surface area contributed by atoms with Crippen LogP contribution in [0.15, 0.2) is 261 Å². The maximum absolute atomic E-state index is 5.55. The number of benzene rings is 10. The summed E-state index contributed by atoms with van der Waals surface area (Å²) < 4.78 is 2.28. The molecule has 0 saturated carbocycles. The third-order valence-corrected chi connectivity index (χ3v) is 12.8. The first kappa shape index (κ1) is 39.7. The minimum atomic E-state index is 0.668. The minimum absolute atomic E-state index is 0.668. The summed E-state index contributed by atoms with van der Waals surface area (Å²) in [7, 11) is 0. The third kappa shape index (κ3) is 7.69. The molecule has 0 bridgehead atoms. The van der Waals surface area contributed by atoms with Crippen LogP contribution in [0.4, 0.5) is 0 Å². The summed E-state index contributed by atoms with van der Waals surface area (Å²) in [6.07, 6.45) is 0. The molecule has 0 aliphatic heterocycles. The van der Waals surface area contributed by atoms with Gasteiger partial charge in [-0.15, -0.1) is 0 Å². The number of nitrogens with zero attached hydrogens (tertiary/aromatic N) is 3. The lowest BCUT2D eigenvalue weighted by atomic mass is 9.95. The van der Waals surface area contributed by atoms with Gasteiger partial charge < -0.3 is 0 Å². The Morgan fingerprint density at radius 1 is 0.254 bits per heavy atom. The summed E-state index contributed by atoms with van der Waals surface area (Å²) in [6.45, 7) is 0. The molecule has 0 spiro atoms. The van der Waals surface area contributed by atoms with E-state index in [2.05, 4.69) is 265 Å². The topological polar surface area (TPSA) is 30.7 Å². The molecule has 10 aromatic carbocycles. The fourth-order valence-electron chi connectivity index (χ4n) is 9.49. The zero-order valence-electron chi connectivity index (χ0n) is 36.7. The smallest absolute Gasteiger partial charge is 0.162 e. The van der Waals surface area contributed by atoms with Crippen molar-refractivity contribution in [3.63, 3.8) is 0 Å². The lowest BCUT2D eigenvalue weighted by molar-refractivity contribution is 1.11. The molecule has 3 nitrogen and oxygen atoms in total. The van der Waals surface area contributed by atoms with Gasteiger partial charge in [0.1, 0.15) is 5.65 Å². The monoisotopic (exact) mass is 853 g/mol. The van der Waals surface area contributed by atoms with Crippen molar-refractivity contribution in [2.45, 2.75) is 0 Å². The highest BCUT2D eigenvalue weighted by atomic mass is 15.1. The van der Waals surface area contributed by atoms with Crippen molar-refractivity contribution in [1.29, 1.82) is 0 Å². The predicted octanol–water partition coefficient (Wildman–Crippen LogP) is 16.9. The first-order valence-electron chi connectivity index (χ1n) is 22.8. The van der Waals surface area contributed by atoms with E-state index in [1.165, 1.54) is 44.5 Å². The fraction of sp³-hybridized carbons (Fsp3) is 0. The Balaban J connectivity index is 0.983. The van der Waals surface area contributed by atoms with E-state index in [4.69, 9.17) is 9.97 Å². The standard InChI is InChI=1S/C64H43N3/c1-4-18-44(19-5-1)46-22-12-24-48(38-46)50-26-14-28-52(40-50)54-30-16-32-56(42-54)62-61-59-36-10-11-37-60(59)67(58-34-8-3-9-35-58)64(61)66-63(65-62)57-33-17-31-55(43-57)53-29-15-27-51(41-53)49-25-13-23-47(39-49)45-20-6-2-7-21-45/h1-43H. The van der Waals surface area contributed by atoms with Crippen LogP contribution in [0.5, 0.6) is 0 Å². The molecule has 0 aliphatic rings. The molecule has 0 fully saturated rings. The second kappa shape index (κ2) is 17.2. The number of fused-ring (bicyclic) bond motifs is 3. The SMILES string of the molecule is c1ccc(-c2cccc(-c3cccc(-c4cccc(-c5nc(-c6cccc(-c7cccc(-c8cccc(-c9ccccc9)c8)c7)c6)c6c7ccccc7n(-c7ccccc7)c6n5)c4)c3)c2)cc1. The van der Waals surface area contributed by atoms with E-state index in [9.17, 15) is 0 Å². The van der Waals surface area contributed by atoms with Gasteiger partial charge >= 0.3 is 0 Å². The molecule has 3 heteroatoms. The molecule has 0 amide bonds. The van der Waals surface area contributed by atoms with Gasteiger partial charge in [0.2, 0.25) is 0 Å². The van der Waals surface area contributed by atoms with Gasteiger partial charge in [-0.25, -0.2) is 9.97 Å². The van der Waals surface area contributed by atoms with Crippen LogP contribution >= 0.6 is 0 Å². The van der Waals surface area contributed by atoms with Gasteiger partial charge in [-0.3, -0.25) is 4.57 Å². The zero-order chi connectivity index (χ0) is 44.5. The summed E-state index contributed by atoms with van der Waals surface area (Å²) in [4.78, 5) is 11.0. The molecule has 12 aromatic rings. The molecule has 0 unspecified atom stereocenters. The van der Waals surface area contributed by atoms with Gasteiger partial charge in [0.05, 0.1) is 16.6 Å². The van der Waals surface area contributed by atoms with Crippen LogP contribution in [-0.2, 0) is 0 Å². The maximum Gasteiger partial charge on any atom is 0.162 e. The largest absolute Gasteiger partial charge is 0.294 e. The maximum atomic E-state index is 5.55. The van der Waals surface area contributed by atoms with Gasteiger partial charge in [0, 0.05) is 22.2 Å². The van der Waals surface area contributed by atoms with Crippen molar-refractivity contribution in [2.24, 2.45) is 0 Å². The summed E-state index contributed by atoms with van der Waals surface area (Å²) in [5, 5.41) is 2.13. The van der Waals surface area contributed by atoms with Crippen LogP contribution < -0.4 is 0 Å². The van der Waals surface area contributed by atoms with Crippen molar-refractivity contribution < 1.29 is 0 Å². The van der Waals surface area contributed by atoms with Crippen molar-refractivity contribution in [3.8, 4) is 95.1 Å². The molecule has 0 atom stereocenters. The highest BCUT2D eigenvalue weighted by Crippen LogP contribution is 2.40. The lowest BCUT2D eigenvalue weighted by Gasteiger charge is -2.13. The molecule has 0 saturated heterocycles. The van der Waals surface area contributed by atoms with Crippen LogP contribution in [0.2, 0.25) is 0 Å². The first-order valence-corrected chi connectivity index (χ1v) is 22.8. The fourth-order valence-corrected chi connectivity index (χ4v) is 9.49. The number of aromatic nitrogens is 3. The Kier molecular flexibility index (Phi) is 10.2. The van der Waals surface area contributed by atoms with Crippen LogP contribution in [0.25, 0.3) is 117 Å². The summed E-state index contributed by atoms with van der Waals surface area (Å²) in [5.41, 5.74) is 19.9. The molecule has 12 rings (SSSR count). The van der Waals surface area contributed by atoms with Gasteiger partial charge in [0.15, 0.2) is 5.82 Å². The van der Waals surface area contributed by atoms with E-state index in [1.54, 1.807) is 0 Å². The van der Waals surface area contributed by atoms with Crippen LogP contribution in [0.3, 0.4) is 0 Å². The zero-order valence-corrected chi connectivity index (χ0v) is 36.7. The third-order valence-electron chi connectivity index (χ3n) is 12.8. The second-order valence-corrected chi connectivity index (χ2v) is 17.0. The molecule has 314 valence electrons. The Morgan fingerprint density at radius 2 is 0.582 bits per heavy atom. The van der Waals surface area contributed by atoms with Crippen molar-refractivity contribution in [3.05, 3.63) is 261 Å². The second-order valence-electron chi connectivity index (χ2n) is 17.0. The number of para-hydroxylation sites is 2. The summed E-state index contributed by atoms with van der Waals surface area (Å²) in [5.74, 6) is 0.668. The summed E-state index contributed by atoms with van der Waals surface area (Å²) in [6, 6.07) is 93.0. The van der Waals surface area contributed by atoms with Gasteiger partial charge in [0.25, 0.3) is 0 Å². The summed E-state index contributed by atoms with van der Waals surface area (Å²) >= 11 is 0. The van der Waals surface area contributed by atoms with E-state index in [0.29, 0.717) is 5.82 Å². The Labute approximate surface area is 390 Å². The Bertz CT molecular complexity index is 3740. The van der Waals surface area contributed by atoms with Crippen molar-refractivity contribution in [2.75, 3.05) is 0 Å². The van der Waals surface area contributed by atoms with E-state index >= 15 is 0 Å². The molecular formula is C64H43N3. The Morgan fingerprint density at radius 3 is 1.04 bits per heavy atom. The minimum Gasteiger partial charge on any atom is -0.294 e. The molecule has 67 heavy (non-hydrogen) atoms. The number of hydrogen-bond acceptors (Lipinski definition) is 2. The van der Waals surface area contributed by atoms with Crippen LogP contribution in [-0.4, -0.2) is 14.5 Å². The van der Waals surface area contributed by atoms with Crippen LogP contribution in [0, 0.1) is 0 Å². The quantitative estimate of drug-likeness (QED) is 0.145. The number of rotatable bonds is 9. The lowest BCUT2D eigenvalue weighted by Crippen LogP contribution is -1.99. The molecule has 0 aliphatic carbocycles. The Hall–Kier alpha value is -8.92. The number of hydrogen-bond donors (Lipinski definition) is 0. The molecule has 2 aromatic heterocycles. The molecule has 2 heterocycles. The average molecular weight is 854 g/mol. The van der Waals surface area contributed by atoms with E-state index in [1.807, 2.05) is 0 Å². The van der Waals surface area contributed by atoms with E-state index in [0.717, 1.165) is 66.7 Å². The van der Waals surface area contributed by atoms with E-state index < -0.39 is 0 Å². The first-order chi connectivity index (χ1) is 33.2. The highest BCUT2D eigenvalue weighted by molar-refractivity contribution is 6.14. The van der Waals surface area contributed by atoms with Gasteiger partial charge in [-0.05, 0) is 121 Å². The highest BCUT2D eigenvalue weighted by Gasteiger charge is 2.21. The molecule has 0 radical (unpaired) electrons.